The van der Waals surface area contributed by atoms with Gasteiger partial charge in [0, 0.05) is 24.8 Å². The van der Waals surface area contributed by atoms with E-state index in [0.717, 1.165) is 34.7 Å². The molecule has 0 saturated heterocycles. The molecule has 0 N–H and O–H groups in total. The Morgan fingerprint density at radius 3 is 2.61 bits per heavy atom. The van der Waals surface area contributed by atoms with Crippen LogP contribution in [0.25, 0.3) is 6.08 Å². The van der Waals surface area contributed by atoms with Gasteiger partial charge >= 0.3 is 5.97 Å². The summed E-state index contributed by atoms with van der Waals surface area (Å²) in [6.07, 6.45) is 10.1. The van der Waals surface area contributed by atoms with Gasteiger partial charge in [0.15, 0.2) is 0 Å². The predicted molar refractivity (Wildman–Crippen MR) is 139 cm³/mol. The second-order valence-electron chi connectivity index (χ2n) is 9.76. The molecule has 2 rings (SSSR count). The summed E-state index contributed by atoms with van der Waals surface area (Å²) < 4.78 is 11.7. The van der Waals surface area contributed by atoms with Gasteiger partial charge in [0.05, 0.1) is 23.2 Å². The Morgan fingerprint density at radius 1 is 1.24 bits per heavy atom. The first-order chi connectivity index (χ1) is 15.6. The summed E-state index contributed by atoms with van der Waals surface area (Å²) in [5, 5.41) is 3.06. The number of hydrogen-bond acceptors (Lipinski definition) is 5. The van der Waals surface area contributed by atoms with Gasteiger partial charge in [-0.15, -0.1) is 11.3 Å². The van der Waals surface area contributed by atoms with Crippen LogP contribution in [0.3, 0.4) is 0 Å². The SMILES string of the molecule is C=C1[C@H](C)C(OC)CC(=O)O[C@H](/C(C)=C/c2csc(C)n2)C/C=C\CCC[C@H](C)[C@H](C)[C@H]1C. The van der Waals surface area contributed by atoms with E-state index in [2.05, 4.69) is 51.4 Å². The van der Waals surface area contributed by atoms with Gasteiger partial charge in [-0.25, -0.2) is 4.98 Å². The third kappa shape index (κ3) is 8.22. The molecule has 0 aliphatic carbocycles. The van der Waals surface area contributed by atoms with Gasteiger partial charge in [-0.05, 0) is 56.1 Å². The van der Waals surface area contributed by atoms with Crippen molar-refractivity contribution in [2.75, 3.05) is 7.11 Å². The van der Waals surface area contributed by atoms with Crippen LogP contribution in [-0.4, -0.2) is 30.3 Å². The Hall–Kier alpha value is -1.72. The van der Waals surface area contributed by atoms with E-state index in [-0.39, 0.29) is 30.5 Å². The number of thiazole rings is 1. The topological polar surface area (TPSA) is 48.4 Å². The molecule has 1 aromatic rings. The third-order valence-electron chi connectivity index (χ3n) is 7.43. The highest BCUT2D eigenvalue weighted by atomic mass is 32.1. The van der Waals surface area contributed by atoms with Crippen molar-refractivity contribution in [1.29, 1.82) is 0 Å². The maximum absolute atomic E-state index is 13.0. The van der Waals surface area contributed by atoms with Crippen molar-refractivity contribution in [3.63, 3.8) is 0 Å². The summed E-state index contributed by atoms with van der Waals surface area (Å²) in [5.74, 6) is 1.37. The Labute approximate surface area is 205 Å². The van der Waals surface area contributed by atoms with Crippen molar-refractivity contribution >= 4 is 23.4 Å². The zero-order valence-corrected chi connectivity index (χ0v) is 22.4. The molecule has 0 fully saturated rings. The molecule has 0 bridgehead atoms. The fourth-order valence-electron chi connectivity index (χ4n) is 4.58. The van der Waals surface area contributed by atoms with Gasteiger partial charge in [0.1, 0.15) is 6.10 Å². The van der Waals surface area contributed by atoms with Crippen LogP contribution in [0.5, 0.6) is 0 Å². The first kappa shape index (κ1) is 27.5. The quantitative estimate of drug-likeness (QED) is 0.339. The van der Waals surface area contributed by atoms with Crippen molar-refractivity contribution in [2.45, 2.75) is 85.9 Å². The van der Waals surface area contributed by atoms with E-state index in [4.69, 9.17) is 9.47 Å². The minimum absolute atomic E-state index is 0.0769. The molecule has 184 valence electrons. The van der Waals surface area contributed by atoms with Crippen LogP contribution in [-0.2, 0) is 14.3 Å². The number of ether oxygens (including phenoxy) is 2. The van der Waals surface area contributed by atoms with Crippen molar-refractivity contribution in [2.24, 2.45) is 23.7 Å². The van der Waals surface area contributed by atoms with Gasteiger partial charge in [0.25, 0.3) is 0 Å². The van der Waals surface area contributed by atoms with Crippen LogP contribution in [0, 0.1) is 30.6 Å². The molecule has 1 aromatic heterocycles. The minimum Gasteiger partial charge on any atom is -0.457 e. The summed E-state index contributed by atoms with van der Waals surface area (Å²) in [5.41, 5.74) is 3.08. The zero-order valence-electron chi connectivity index (χ0n) is 21.6. The highest BCUT2D eigenvalue weighted by molar-refractivity contribution is 7.09. The van der Waals surface area contributed by atoms with E-state index < -0.39 is 0 Å². The lowest BCUT2D eigenvalue weighted by Crippen LogP contribution is -2.31. The van der Waals surface area contributed by atoms with Crippen molar-refractivity contribution in [3.05, 3.63) is 46.0 Å². The smallest absolute Gasteiger partial charge is 0.309 e. The van der Waals surface area contributed by atoms with Gasteiger partial charge in [-0.1, -0.05) is 58.4 Å². The standard InChI is InChI=1S/C28H43NO3S/c1-18-13-11-9-10-12-14-26(19(2)15-25-17-33-24(7)29-25)32-28(30)16-27(31-8)23(6)22(5)21(4)20(18)3/h10,12,15,17-18,20-21,23,26-27H,5,9,11,13-14,16H2,1-4,6-8H3/b12-10-,19-15+/t18-,20-,21+,23-,26-,27?/m0/s1. The van der Waals surface area contributed by atoms with Crippen molar-refractivity contribution in [1.82, 2.24) is 4.98 Å². The van der Waals surface area contributed by atoms with E-state index in [9.17, 15) is 4.79 Å². The molecule has 0 radical (unpaired) electrons. The van der Waals surface area contributed by atoms with Crippen LogP contribution in [0.2, 0.25) is 0 Å². The molecule has 0 amide bonds. The number of rotatable bonds is 3. The van der Waals surface area contributed by atoms with Gasteiger partial charge in [-0.3, -0.25) is 4.79 Å². The van der Waals surface area contributed by atoms with E-state index in [1.165, 1.54) is 6.42 Å². The van der Waals surface area contributed by atoms with Crippen LogP contribution < -0.4 is 0 Å². The number of carbonyl (C=O) groups excluding carboxylic acids is 1. The number of allylic oxidation sites excluding steroid dienone is 1. The van der Waals surface area contributed by atoms with Crippen molar-refractivity contribution in [3.8, 4) is 0 Å². The first-order valence-electron chi connectivity index (χ1n) is 12.3. The second-order valence-corrected chi connectivity index (χ2v) is 10.8. The summed E-state index contributed by atoms with van der Waals surface area (Å²) >= 11 is 1.62. The largest absolute Gasteiger partial charge is 0.457 e. The number of hydrogen-bond donors (Lipinski definition) is 0. The molecule has 0 aromatic carbocycles. The number of carbonyl (C=O) groups is 1. The Balaban J connectivity index is 2.26. The molecule has 1 aliphatic rings. The lowest BCUT2D eigenvalue weighted by atomic mass is 9.75. The van der Waals surface area contributed by atoms with E-state index in [0.29, 0.717) is 24.2 Å². The number of nitrogens with zero attached hydrogens (tertiary/aromatic N) is 1. The second kappa shape index (κ2) is 13.2. The normalized spacial score (nSPS) is 32.4. The highest BCUT2D eigenvalue weighted by Gasteiger charge is 2.30. The highest BCUT2D eigenvalue weighted by Crippen LogP contribution is 2.34. The van der Waals surface area contributed by atoms with Crippen LogP contribution in [0.15, 0.2) is 35.3 Å². The number of aryl methyl sites for hydroxylation is 1. The van der Waals surface area contributed by atoms with Gasteiger partial charge < -0.3 is 9.47 Å². The summed E-state index contributed by atoms with van der Waals surface area (Å²) in [6.45, 7) is 17.5. The van der Waals surface area contributed by atoms with E-state index >= 15 is 0 Å². The number of methoxy groups -OCH3 is 1. The molecule has 33 heavy (non-hydrogen) atoms. The predicted octanol–water partition coefficient (Wildman–Crippen LogP) is 7.40. The molecule has 6 atom stereocenters. The number of cyclic esters (lactones) is 1. The summed E-state index contributed by atoms with van der Waals surface area (Å²) in [6, 6.07) is 0. The summed E-state index contributed by atoms with van der Waals surface area (Å²) in [7, 11) is 1.67. The average Bonchev–Trinajstić information content (AvgIpc) is 3.20. The maximum atomic E-state index is 13.0. The van der Waals surface area contributed by atoms with Crippen molar-refractivity contribution < 1.29 is 14.3 Å². The molecule has 5 heteroatoms. The monoisotopic (exact) mass is 473 g/mol. The first-order valence-corrected chi connectivity index (χ1v) is 13.2. The number of aromatic nitrogens is 1. The Kier molecular flexibility index (Phi) is 11.0. The molecule has 0 spiro atoms. The van der Waals surface area contributed by atoms with E-state index in [1.807, 2.05) is 25.3 Å². The fraction of sp³-hybridized carbons (Fsp3) is 0.643. The third-order valence-corrected chi connectivity index (χ3v) is 8.22. The van der Waals surface area contributed by atoms with Crippen LogP contribution in [0.1, 0.15) is 77.4 Å². The molecular formula is C28H43NO3S. The molecule has 1 unspecified atom stereocenters. The molecule has 4 nitrogen and oxygen atoms in total. The average molecular weight is 474 g/mol. The number of esters is 1. The lowest BCUT2D eigenvalue weighted by molar-refractivity contribution is -0.150. The molecule has 1 aliphatic heterocycles. The molecule has 2 heterocycles. The molecule has 0 saturated carbocycles. The minimum atomic E-state index is -0.308. The van der Waals surface area contributed by atoms with Crippen LogP contribution in [0.4, 0.5) is 0 Å². The van der Waals surface area contributed by atoms with Crippen LogP contribution >= 0.6 is 11.3 Å². The maximum Gasteiger partial charge on any atom is 0.309 e. The molecular weight excluding hydrogens is 430 g/mol. The van der Waals surface area contributed by atoms with Gasteiger partial charge in [-0.2, -0.15) is 0 Å². The van der Waals surface area contributed by atoms with Gasteiger partial charge in [0.2, 0.25) is 0 Å². The fourth-order valence-corrected chi connectivity index (χ4v) is 5.15. The Morgan fingerprint density at radius 2 is 1.97 bits per heavy atom. The van der Waals surface area contributed by atoms with E-state index in [1.54, 1.807) is 18.4 Å². The summed E-state index contributed by atoms with van der Waals surface area (Å²) in [4.78, 5) is 17.5. The Bertz CT molecular complexity index is 840. The zero-order chi connectivity index (χ0) is 24.5. The lowest BCUT2D eigenvalue weighted by Gasteiger charge is -2.33.